The molecule has 14 heavy (non-hydrogen) atoms. The molecule has 0 saturated carbocycles. The zero-order valence-corrected chi connectivity index (χ0v) is 8.12. The van der Waals surface area contributed by atoms with Gasteiger partial charge in [-0.3, -0.25) is 0 Å². The summed E-state index contributed by atoms with van der Waals surface area (Å²) in [5, 5.41) is 11.4. The molecule has 0 saturated heterocycles. The highest BCUT2D eigenvalue weighted by Crippen LogP contribution is 2.08. The molecule has 1 rings (SSSR count). The molecule has 0 spiro atoms. The van der Waals surface area contributed by atoms with Gasteiger partial charge < -0.3 is 10.4 Å². The van der Waals surface area contributed by atoms with Crippen LogP contribution >= 0.6 is 11.6 Å². The normalized spacial score (nSPS) is 11.1. The maximum atomic E-state index is 10.6. The lowest BCUT2D eigenvalue weighted by Crippen LogP contribution is -2.11. The van der Waals surface area contributed by atoms with E-state index in [1.807, 2.05) is 0 Å². The lowest BCUT2D eigenvalue weighted by atomic mass is 10.4. The summed E-state index contributed by atoms with van der Waals surface area (Å²) < 4.78 is 0. The van der Waals surface area contributed by atoms with Crippen LogP contribution in [-0.4, -0.2) is 21.0 Å². The summed E-state index contributed by atoms with van der Waals surface area (Å²) in [7, 11) is 0. The molecule has 0 fully saturated rings. The van der Waals surface area contributed by atoms with Gasteiger partial charge in [-0.25, -0.2) is 14.8 Å². The molecule has 1 aromatic rings. The molecule has 0 aliphatic heterocycles. The predicted molar refractivity (Wildman–Crippen MR) is 52.1 cm³/mol. The molecular weight excluding hydrogens is 206 g/mol. The first-order valence-corrected chi connectivity index (χ1v) is 4.16. The molecule has 1 heterocycles. The van der Waals surface area contributed by atoms with E-state index in [1.165, 1.54) is 18.3 Å². The molecular formula is C8H8ClN3O2. The summed E-state index contributed by atoms with van der Waals surface area (Å²) >= 11 is 5.52. The number of carboxylic acid groups (broad SMARTS) is 1. The van der Waals surface area contributed by atoms with Crippen LogP contribution in [0.4, 0.5) is 5.82 Å². The maximum absolute atomic E-state index is 10.6. The van der Waals surface area contributed by atoms with E-state index < -0.39 is 5.97 Å². The van der Waals surface area contributed by atoms with Gasteiger partial charge in [0.25, 0.3) is 0 Å². The van der Waals surface area contributed by atoms with E-state index in [9.17, 15) is 4.79 Å². The maximum Gasteiger partial charge on any atom is 0.352 e. The number of carbonyl (C=O) groups is 1. The van der Waals surface area contributed by atoms with Crippen LogP contribution in [0.3, 0.4) is 0 Å². The van der Waals surface area contributed by atoms with E-state index in [0.29, 0.717) is 5.82 Å². The summed E-state index contributed by atoms with van der Waals surface area (Å²) in [4.78, 5) is 18.1. The number of aromatic nitrogens is 2. The predicted octanol–water partition coefficient (Wildman–Crippen LogP) is 1.53. The molecule has 6 heteroatoms. The van der Waals surface area contributed by atoms with Crippen LogP contribution in [0.5, 0.6) is 0 Å². The van der Waals surface area contributed by atoms with Gasteiger partial charge in [0.1, 0.15) is 11.5 Å². The highest BCUT2D eigenvalue weighted by Gasteiger charge is 2.06. The van der Waals surface area contributed by atoms with Crippen LogP contribution in [-0.2, 0) is 4.79 Å². The Labute approximate surface area is 85.4 Å². The highest BCUT2D eigenvalue weighted by atomic mass is 35.5. The van der Waals surface area contributed by atoms with Crippen molar-refractivity contribution in [2.24, 2.45) is 0 Å². The fourth-order valence-corrected chi connectivity index (χ4v) is 0.939. The zero-order valence-electron chi connectivity index (χ0n) is 7.36. The number of carboxylic acids is 1. The van der Waals surface area contributed by atoms with Crippen molar-refractivity contribution in [3.05, 3.63) is 29.3 Å². The Bertz CT molecular complexity index is 379. The van der Waals surface area contributed by atoms with Crippen molar-refractivity contribution in [2.75, 3.05) is 5.32 Å². The Morgan fingerprint density at radius 1 is 1.71 bits per heavy atom. The number of allylic oxidation sites excluding steroid dienone is 1. The standard InChI is InChI=1S/C8H8ClN3O2/c1-2-5(7(13)14)11-6-3-4-10-8(9)12-6/h2-4H,1H3,(H,13,14)(H,10,11,12)/b5-2+. The van der Waals surface area contributed by atoms with Crippen LogP contribution < -0.4 is 5.32 Å². The molecule has 2 N–H and O–H groups in total. The van der Waals surface area contributed by atoms with Gasteiger partial charge in [-0.05, 0) is 24.6 Å². The topological polar surface area (TPSA) is 75.1 Å². The van der Waals surface area contributed by atoms with Crippen LogP contribution in [0.15, 0.2) is 24.0 Å². The van der Waals surface area contributed by atoms with Crippen LogP contribution in [0, 0.1) is 0 Å². The minimum absolute atomic E-state index is 0.0415. The van der Waals surface area contributed by atoms with Crippen molar-refractivity contribution in [3.8, 4) is 0 Å². The van der Waals surface area contributed by atoms with E-state index in [1.54, 1.807) is 6.92 Å². The SMILES string of the molecule is C/C=C(/Nc1ccnc(Cl)n1)C(=O)O. The van der Waals surface area contributed by atoms with Crippen LogP contribution in [0.25, 0.3) is 0 Å². The van der Waals surface area contributed by atoms with E-state index in [4.69, 9.17) is 16.7 Å². The fraction of sp³-hybridized carbons (Fsp3) is 0.125. The average Bonchev–Trinajstić information content (AvgIpc) is 2.14. The molecule has 0 bridgehead atoms. The Morgan fingerprint density at radius 2 is 2.43 bits per heavy atom. The van der Waals surface area contributed by atoms with Crippen molar-refractivity contribution in [1.82, 2.24) is 9.97 Å². The van der Waals surface area contributed by atoms with E-state index in [-0.39, 0.29) is 11.0 Å². The minimum Gasteiger partial charge on any atom is -0.477 e. The number of hydrogen-bond donors (Lipinski definition) is 2. The fourth-order valence-electron chi connectivity index (χ4n) is 0.792. The van der Waals surface area contributed by atoms with Gasteiger partial charge in [0, 0.05) is 6.20 Å². The van der Waals surface area contributed by atoms with Gasteiger partial charge >= 0.3 is 5.97 Å². The summed E-state index contributed by atoms with van der Waals surface area (Å²) in [5.41, 5.74) is 0.0415. The van der Waals surface area contributed by atoms with Gasteiger partial charge in [0.15, 0.2) is 0 Å². The number of rotatable bonds is 3. The smallest absolute Gasteiger partial charge is 0.352 e. The van der Waals surface area contributed by atoms with Gasteiger partial charge in [-0.15, -0.1) is 0 Å². The van der Waals surface area contributed by atoms with Crippen molar-refractivity contribution in [2.45, 2.75) is 6.92 Å². The third kappa shape index (κ3) is 2.70. The second-order valence-electron chi connectivity index (χ2n) is 2.34. The molecule has 0 aromatic carbocycles. The molecule has 74 valence electrons. The Morgan fingerprint density at radius 3 is 2.93 bits per heavy atom. The molecule has 1 aromatic heterocycles. The van der Waals surface area contributed by atoms with Crippen molar-refractivity contribution in [3.63, 3.8) is 0 Å². The quantitative estimate of drug-likeness (QED) is 0.588. The van der Waals surface area contributed by atoms with Crippen molar-refractivity contribution >= 4 is 23.4 Å². The lowest BCUT2D eigenvalue weighted by Gasteiger charge is -2.04. The first kappa shape index (κ1) is 10.5. The summed E-state index contributed by atoms with van der Waals surface area (Å²) in [5.74, 6) is -0.706. The number of hydrogen-bond acceptors (Lipinski definition) is 4. The first-order chi connectivity index (χ1) is 6.63. The third-order valence-electron chi connectivity index (χ3n) is 1.41. The van der Waals surface area contributed by atoms with Crippen LogP contribution in [0.1, 0.15) is 6.92 Å². The number of anilines is 1. The summed E-state index contributed by atoms with van der Waals surface area (Å²) in [6, 6.07) is 1.53. The third-order valence-corrected chi connectivity index (χ3v) is 1.59. The molecule has 0 aliphatic carbocycles. The van der Waals surface area contributed by atoms with E-state index >= 15 is 0 Å². The van der Waals surface area contributed by atoms with Gasteiger partial charge in [-0.1, -0.05) is 6.08 Å². The number of halogens is 1. The van der Waals surface area contributed by atoms with Gasteiger partial charge in [0.05, 0.1) is 0 Å². The Balaban J connectivity index is 2.83. The molecule has 0 amide bonds. The molecule has 0 radical (unpaired) electrons. The second kappa shape index (κ2) is 4.57. The molecule has 0 aliphatic rings. The van der Waals surface area contributed by atoms with Crippen molar-refractivity contribution < 1.29 is 9.90 Å². The van der Waals surface area contributed by atoms with E-state index in [0.717, 1.165) is 0 Å². The number of nitrogens with one attached hydrogen (secondary N) is 1. The molecule has 0 atom stereocenters. The minimum atomic E-state index is -1.05. The number of aliphatic carboxylic acids is 1. The first-order valence-electron chi connectivity index (χ1n) is 3.78. The Hall–Kier alpha value is -1.62. The largest absolute Gasteiger partial charge is 0.477 e. The highest BCUT2D eigenvalue weighted by molar-refractivity contribution is 6.28. The van der Waals surface area contributed by atoms with Gasteiger partial charge in [-0.2, -0.15) is 0 Å². The van der Waals surface area contributed by atoms with Crippen molar-refractivity contribution in [1.29, 1.82) is 0 Å². The molecule has 5 nitrogen and oxygen atoms in total. The van der Waals surface area contributed by atoms with Gasteiger partial charge in [0.2, 0.25) is 5.28 Å². The van der Waals surface area contributed by atoms with E-state index in [2.05, 4.69) is 15.3 Å². The second-order valence-corrected chi connectivity index (χ2v) is 2.68. The Kier molecular flexibility index (Phi) is 3.41. The molecule has 0 unspecified atom stereocenters. The summed E-state index contributed by atoms with van der Waals surface area (Å²) in [6.45, 7) is 1.61. The average molecular weight is 214 g/mol. The number of nitrogens with zero attached hydrogens (tertiary/aromatic N) is 2. The zero-order chi connectivity index (χ0) is 10.6. The van der Waals surface area contributed by atoms with Crippen LogP contribution in [0.2, 0.25) is 5.28 Å². The summed E-state index contributed by atoms with van der Waals surface area (Å²) in [6.07, 6.45) is 2.87. The lowest BCUT2D eigenvalue weighted by molar-refractivity contribution is -0.132. The monoisotopic (exact) mass is 213 g/mol.